The van der Waals surface area contributed by atoms with Gasteiger partial charge in [-0.05, 0) is 24.0 Å². The van der Waals surface area contributed by atoms with Gasteiger partial charge in [0.2, 0.25) is 5.91 Å². The molecule has 1 aliphatic heterocycles. The summed E-state index contributed by atoms with van der Waals surface area (Å²) in [7, 11) is 0. The molecule has 1 fully saturated rings. The fourth-order valence-corrected chi connectivity index (χ4v) is 3.75. The third kappa shape index (κ3) is 4.40. The number of halogens is 3. The predicted octanol–water partition coefficient (Wildman–Crippen LogP) is 2.11. The second kappa shape index (κ2) is 7.48. The van der Waals surface area contributed by atoms with Crippen LogP contribution in [0.2, 0.25) is 0 Å². The summed E-state index contributed by atoms with van der Waals surface area (Å²) in [4.78, 5) is 22.5. The van der Waals surface area contributed by atoms with Gasteiger partial charge in [0.15, 0.2) is 6.04 Å². The fourth-order valence-electron chi connectivity index (χ4n) is 3.75. The first-order valence-corrected chi connectivity index (χ1v) is 9.03. The minimum absolute atomic E-state index is 0.289. The lowest BCUT2D eigenvalue weighted by Crippen LogP contribution is -2.58. The average molecular weight is 406 g/mol. The summed E-state index contributed by atoms with van der Waals surface area (Å²) in [6.07, 6.45) is -1.29. The number of aromatic nitrogens is 2. The standard InChI is InChI=1S/C19H21F3N6O/c1-18(2)7-12(27-17(29)16(24)19(20,21)22)9-28(10-18)13-4-3-11(8-23)14-15(13)26-6-5-25-14/h3-6,12,16H,7,9-10,24H2,1-2H3,(H,27,29)/t12-,16+/m1/s1. The molecule has 2 atom stereocenters. The van der Waals surface area contributed by atoms with E-state index in [1.165, 1.54) is 12.4 Å². The van der Waals surface area contributed by atoms with Crippen molar-refractivity contribution >= 4 is 22.6 Å². The van der Waals surface area contributed by atoms with Gasteiger partial charge in [-0.1, -0.05) is 13.8 Å². The summed E-state index contributed by atoms with van der Waals surface area (Å²) in [5.74, 6) is -1.25. The van der Waals surface area contributed by atoms with Gasteiger partial charge < -0.3 is 16.0 Å². The quantitative estimate of drug-likeness (QED) is 0.808. The molecule has 3 N–H and O–H groups in total. The molecule has 1 aromatic carbocycles. The largest absolute Gasteiger partial charge is 0.412 e. The van der Waals surface area contributed by atoms with Crippen molar-refractivity contribution in [1.82, 2.24) is 15.3 Å². The number of benzene rings is 1. The van der Waals surface area contributed by atoms with Gasteiger partial charge in [-0.25, -0.2) is 0 Å². The van der Waals surface area contributed by atoms with Crippen molar-refractivity contribution in [3.05, 3.63) is 30.1 Å². The zero-order chi connectivity index (χ0) is 21.4. The lowest BCUT2D eigenvalue weighted by Gasteiger charge is -2.44. The number of rotatable bonds is 3. The van der Waals surface area contributed by atoms with Crippen LogP contribution in [0, 0.1) is 16.7 Å². The van der Waals surface area contributed by atoms with Crippen LogP contribution in [-0.2, 0) is 4.79 Å². The van der Waals surface area contributed by atoms with Crippen molar-refractivity contribution in [2.45, 2.75) is 38.5 Å². The van der Waals surface area contributed by atoms with E-state index in [1.54, 1.807) is 12.1 Å². The molecule has 10 heteroatoms. The van der Waals surface area contributed by atoms with E-state index in [0.717, 1.165) is 0 Å². The van der Waals surface area contributed by atoms with Gasteiger partial charge >= 0.3 is 6.18 Å². The second-order valence-corrected chi connectivity index (χ2v) is 7.97. The van der Waals surface area contributed by atoms with Crippen LogP contribution in [0.15, 0.2) is 24.5 Å². The van der Waals surface area contributed by atoms with Crippen LogP contribution in [0.1, 0.15) is 25.8 Å². The Hall–Kier alpha value is -2.93. The van der Waals surface area contributed by atoms with Gasteiger partial charge in [-0.15, -0.1) is 0 Å². The maximum Gasteiger partial charge on any atom is 0.412 e. The minimum Gasteiger partial charge on any atom is -0.367 e. The van der Waals surface area contributed by atoms with Crippen LogP contribution in [0.4, 0.5) is 18.9 Å². The summed E-state index contributed by atoms with van der Waals surface area (Å²) >= 11 is 0. The van der Waals surface area contributed by atoms with Crippen LogP contribution >= 0.6 is 0 Å². The van der Waals surface area contributed by atoms with Crippen LogP contribution in [0.5, 0.6) is 0 Å². The van der Waals surface area contributed by atoms with E-state index >= 15 is 0 Å². The van der Waals surface area contributed by atoms with Gasteiger partial charge in [0, 0.05) is 31.5 Å². The summed E-state index contributed by atoms with van der Waals surface area (Å²) in [5, 5.41) is 11.7. The zero-order valence-electron chi connectivity index (χ0n) is 16.0. The van der Waals surface area contributed by atoms with Gasteiger partial charge in [0.1, 0.15) is 17.1 Å². The highest BCUT2D eigenvalue weighted by atomic mass is 19.4. The van der Waals surface area contributed by atoms with E-state index in [9.17, 15) is 23.2 Å². The summed E-state index contributed by atoms with van der Waals surface area (Å²) in [6.45, 7) is 4.83. The Labute approximate surface area is 165 Å². The highest BCUT2D eigenvalue weighted by molar-refractivity contribution is 5.92. The second-order valence-electron chi connectivity index (χ2n) is 7.97. The van der Waals surface area contributed by atoms with Crippen LogP contribution < -0.4 is 16.0 Å². The zero-order valence-corrected chi connectivity index (χ0v) is 16.0. The van der Waals surface area contributed by atoms with Crippen molar-refractivity contribution in [2.24, 2.45) is 11.1 Å². The first-order chi connectivity index (χ1) is 13.5. The minimum atomic E-state index is -4.80. The maximum atomic E-state index is 12.8. The highest BCUT2D eigenvalue weighted by Gasteiger charge is 2.43. The Morgan fingerprint density at radius 3 is 2.62 bits per heavy atom. The Kier molecular flexibility index (Phi) is 5.36. The summed E-state index contributed by atoms with van der Waals surface area (Å²) < 4.78 is 38.3. The number of fused-ring (bicyclic) bond motifs is 1. The molecule has 2 heterocycles. The SMILES string of the molecule is CC1(C)C[C@@H](NC(=O)[C@H](N)C(F)(F)F)CN(c2ccc(C#N)c3nccnc23)C1. The van der Waals surface area contributed by atoms with Crippen LogP contribution in [0.3, 0.4) is 0 Å². The van der Waals surface area contributed by atoms with Gasteiger partial charge in [0.05, 0.1) is 11.3 Å². The molecule has 0 saturated carbocycles. The van der Waals surface area contributed by atoms with E-state index in [4.69, 9.17) is 5.73 Å². The van der Waals surface area contributed by atoms with E-state index in [0.29, 0.717) is 35.2 Å². The Balaban J connectivity index is 1.90. The van der Waals surface area contributed by atoms with E-state index < -0.39 is 24.2 Å². The lowest BCUT2D eigenvalue weighted by molar-refractivity contribution is -0.163. The Morgan fingerprint density at radius 1 is 1.34 bits per heavy atom. The first-order valence-electron chi connectivity index (χ1n) is 9.03. The number of nitrogens with one attached hydrogen (secondary N) is 1. The van der Waals surface area contributed by atoms with E-state index in [2.05, 4.69) is 21.4 Å². The number of amides is 1. The molecule has 1 aromatic heterocycles. The van der Waals surface area contributed by atoms with Crippen molar-refractivity contribution in [2.75, 3.05) is 18.0 Å². The molecular formula is C19H21F3N6O. The van der Waals surface area contributed by atoms with E-state index in [1.807, 2.05) is 18.7 Å². The maximum absolute atomic E-state index is 12.8. The molecule has 7 nitrogen and oxygen atoms in total. The van der Waals surface area contributed by atoms with Crippen LogP contribution in [-0.4, -0.2) is 47.2 Å². The number of anilines is 1. The smallest absolute Gasteiger partial charge is 0.367 e. The molecule has 1 saturated heterocycles. The normalized spacial score (nSPS) is 20.2. The highest BCUT2D eigenvalue weighted by Crippen LogP contribution is 2.35. The van der Waals surface area contributed by atoms with Crippen molar-refractivity contribution in [3.8, 4) is 6.07 Å². The number of hydrogen-bond donors (Lipinski definition) is 2. The molecule has 1 aliphatic rings. The molecule has 3 rings (SSSR count). The molecule has 0 aliphatic carbocycles. The Morgan fingerprint density at radius 2 is 2.00 bits per heavy atom. The monoisotopic (exact) mass is 406 g/mol. The topological polar surface area (TPSA) is 108 Å². The molecule has 0 unspecified atom stereocenters. The molecule has 29 heavy (non-hydrogen) atoms. The van der Waals surface area contributed by atoms with Gasteiger partial charge in [-0.3, -0.25) is 14.8 Å². The summed E-state index contributed by atoms with van der Waals surface area (Å²) in [6, 6.07) is 2.37. The number of nitrogens with zero attached hydrogens (tertiary/aromatic N) is 4. The number of piperidine rings is 1. The first kappa shape index (κ1) is 20.8. The van der Waals surface area contributed by atoms with E-state index in [-0.39, 0.29) is 12.0 Å². The molecule has 154 valence electrons. The Bertz CT molecular complexity index is 969. The fraction of sp³-hybridized carbons (Fsp3) is 0.474. The number of hydrogen-bond acceptors (Lipinski definition) is 6. The van der Waals surface area contributed by atoms with Gasteiger partial charge in [0.25, 0.3) is 0 Å². The lowest BCUT2D eigenvalue weighted by atomic mass is 9.81. The molecule has 0 spiro atoms. The number of alkyl halides is 3. The third-order valence-corrected chi connectivity index (χ3v) is 4.91. The number of nitriles is 1. The molecule has 1 amide bonds. The predicted molar refractivity (Wildman–Crippen MR) is 101 cm³/mol. The molecule has 0 radical (unpaired) electrons. The van der Waals surface area contributed by atoms with Gasteiger partial charge in [-0.2, -0.15) is 18.4 Å². The van der Waals surface area contributed by atoms with Crippen molar-refractivity contribution in [3.63, 3.8) is 0 Å². The average Bonchev–Trinajstić information content (AvgIpc) is 2.64. The molecule has 0 bridgehead atoms. The van der Waals surface area contributed by atoms with Crippen molar-refractivity contribution < 1.29 is 18.0 Å². The molecular weight excluding hydrogens is 385 g/mol. The third-order valence-electron chi connectivity index (χ3n) is 4.91. The molecule has 2 aromatic rings. The number of nitrogens with two attached hydrogens (primary N) is 1. The van der Waals surface area contributed by atoms with Crippen LogP contribution in [0.25, 0.3) is 11.0 Å². The van der Waals surface area contributed by atoms with Crippen molar-refractivity contribution in [1.29, 1.82) is 5.26 Å². The number of carbonyl (C=O) groups is 1. The summed E-state index contributed by atoms with van der Waals surface area (Å²) in [5.41, 5.74) is 6.82. The number of carbonyl (C=O) groups excluding carboxylic acids is 1.